The number of benzene rings is 4. The van der Waals surface area contributed by atoms with Gasteiger partial charge < -0.3 is 9.57 Å². The van der Waals surface area contributed by atoms with Crippen molar-refractivity contribution < 1.29 is 9.57 Å². The van der Waals surface area contributed by atoms with E-state index in [2.05, 4.69) is 0 Å². The molecule has 0 fully saturated rings. The second-order valence-corrected chi connectivity index (χ2v) is 8.16. The normalized spacial score (nSPS) is 10.9. The molecule has 0 radical (unpaired) electrons. The lowest BCUT2D eigenvalue weighted by Crippen LogP contribution is -2.22. The van der Waals surface area contributed by atoms with Crippen LogP contribution in [0.2, 0.25) is 0 Å². The largest absolute Gasteiger partial charge is 0.475 e. The fourth-order valence-corrected chi connectivity index (χ4v) is 4.00. The molecule has 5 aromatic rings. The molecule has 0 aliphatic rings. The van der Waals surface area contributed by atoms with E-state index in [1.807, 2.05) is 121 Å². The van der Waals surface area contributed by atoms with Gasteiger partial charge >= 0.3 is 0 Å². The predicted molar refractivity (Wildman–Crippen MR) is 137 cm³/mol. The van der Waals surface area contributed by atoms with E-state index in [4.69, 9.17) is 9.57 Å². The molecule has 0 aliphatic heterocycles. The second kappa shape index (κ2) is 10.6. The van der Waals surface area contributed by atoms with Crippen LogP contribution in [0.3, 0.4) is 0 Å². The van der Waals surface area contributed by atoms with Gasteiger partial charge in [-0.1, -0.05) is 121 Å². The lowest BCUT2D eigenvalue weighted by Gasteiger charge is -2.23. The van der Waals surface area contributed by atoms with Gasteiger partial charge in [0.15, 0.2) is 11.9 Å². The van der Waals surface area contributed by atoms with Crippen molar-refractivity contribution in [3.63, 3.8) is 0 Å². The summed E-state index contributed by atoms with van der Waals surface area (Å²) >= 11 is 0. The second-order valence-electron chi connectivity index (χ2n) is 8.16. The van der Waals surface area contributed by atoms with Crippen LogP contribution >= 0.6 is 0 Å². The monoisotopic (exact) mass is 459 g/mol. The number of aromatic nitrogens is 1. The van der Waals surface area contributed by atoms with E-state index in [1.54, 1.807) is 17.1 Å². The van der Waals surface area contributed by atoms with E-state index in [0.717, 1.165) is 22.3 Å². The van der Waals surface area contributed by atoms with Crippen LogP contribution in [-0.2, 0) is 0 Å². The Bertz CT molecular complexity index is 1320. The van der Waals surface area contributed by atoms with Crippen molar-refractivity contribution in [2.45, 2.75) is 12.2 Å². The van der Waals surface area contributed by atoms with Gasteiger partial charge in [0.25, 0.3) is 0 Å². The van der Waals surface area contributed by atoms with Crippen molar-refractivity contribution in [1.29, 1.82) is 0 Å². The minimum atomic E-state index is -0.431. The van der Waals surface area contributed by atoms with Crippen molar-refractivity contribution in [3.8, 4) is 5.75 Å². The molecule has 0 unspecified atom stereocenters. The van der Waals surface area contributed by atoms with E-state index in [1.165, 1.54) is 6.07 Å². The highest BCUT2D eigenvalue weighted by molar-refractivity contribution is 5.33. The molecule has 1 aromatic heterocycles. The first-order chi connectivity index (χ1) is 17.3. The summed E-state index contributed by atoms with van der Waals surface area (Å²) in [5.74, 6) is 0.213. The Hall–Kier alpha value is -4.57. The molecule has 172 valence electrons. The molecule has 4 nitrogen and oxygen atoms in total. The maximum Gasteiger partial charge on any atom is 0.223 e. The first kappa shape index (κ1) is 22.2. The Balaban J connectivity index is 1.49. The molecule has 4 aromatic carbocycles. The smallest absolute Gasteiger partial charge is 0.223 e. The van der Waals surface area contributed by atoms with Crippen molar-refractivity contribution in [3.05, 3.63) is 172 Å². The van der Waals surface area contributed by atoms with E-state index in [0.29, 0.717) is 0 Å². The summed E-state index contributed by atoms with van der Waals surface area (Å²) in [6.07, 6.45) is 2.44. The molecule has 0 bridgehead atoms. The van der Waals surface area contributed by atoms with Crippen molar-refractivity contribution in [2.75, 3.05) is 0 Å². The number of nitrogens with zero attached hydrogens (tertiary/aromatic N) is 1. The number of rotatable bonds is 8. The highest BCUT2D eigenvalue weighted by Gasteiger charge is 2.19. The SMILES string of the molecule is O=c1ccn(OC(c2ccccc2)c2ccccc2)cc1OC(c1ccccc1)c1ccccc1. The van der Waals surface area contributed by atoms with E-state index in [9.17, 15) is 4.79 Å². The molecule has 1 heterocycles. The van der Waals surface area contributed by atoms with Crippen LogP contribution in [0.15, 0.2) is 145 Å². The molecule has 0 aliphatic carbocycles. The van der Waals surface area contributed by atoms with Crippen LogP contribution in [-0.4, -0.2) is 4.73 Å². The average molecular weight is 460 g/mol. The molecule has 0 spiro atoms. The topological polar surface area (TPSA) is 40.5 Å². The third kappa shape index (κ3) is 5.33. The Labute approximate surface area is 204 Å². The molecule has 35 heavy (non-hydrogen) atoms. The summed E-state index contributed by atoms with van der Waals surface area (Å²) in [7, 11) is 0. The fraction of sp³-hybridized carbons (Fsp3) is 0.0645. The molecule has 0 N–H and O–H groups in total. The van der Waals surface area contributed by atoms with Crippen molar-refractivity contribution >= 4 is 0 Å². The predicted octanol–water partition coefficient (Wildman–Crippen LogP) is 6.23. The molecule has 0 amide bonds. The first-order valence-electron chi connectivity index (χ1n) is 11.5. The zero-order valence-electron chi connectivity index (χ0n) is 19.1. The zero-order valence-corrected chi connectivity index (χ0v) is 19.1. The van der Waals surface area contributed by atoms with Gasteiger partial charge in [-0.15, -0.1) is 0 Å². The summed E-state index contributed by atoms with van der Waals surface area (Å²) in [6, 6.07) is 41.2. The molecule has 4 heteroatoms. The first-order valence-corrected chi connectivity index (χ1v) is 11.5. The zero-order chi connectivity index (χ0) is 23.9. The number of hydrogen-bond acceptors (Lipinski definition) is 3. The Morgan fingerprint density at radius 2 is 0.914 bits per heavy atom. The van der Waals surface area contributed by atoms with E-state index >= 15 is 0 Å². The molecule has 0 atom stereocenters. The Morgan fingerprint density at radius 1 is 0.514 bits per heavy atom. The van der Waals surface area contributed by atoms with Crippen LogP contribution < -0.4 is 15.0 Å². The minimum Gasteiger partial charge on any atom is -0.475 e. The van der Waals surface area contributed by atoms with Gasteiger partial charge in [-0.05, 0) is 22.3 Å². The third-order valence-corrected chi connectivity index (χ3v) is 5.74. The summed E-state index contributed by atoms with van der Waals surface area (Å²) in [6.45, 7) is 0. The van der Waals surface area contributed by atoms with Gasteiger partial charge in [-0.3, -0.25) is 4.79 Å². The van der Waals surface area contributed by atoms with Gasteiger partial charge in [-0.25, -0.2) is 0 Å². The Kier molecular flexibility index (Phi) is 6.72. The van der Waals surface area contributed by atoms with Gasteiger partial charge in [-0.2, -0.15) is 4.73 Å². The van der Waals surface area contributed by atoms with E-state index in [-0.39, 0.29) is 17.3 Å². The summed E-state index contributed by atoms with van der Waals surface area (Å²) < 4.78 is 7.89. The maximum atomic E-state index is 12.8. The van der Waals surface area contributed by atoms with Crippen LogP contribution in [0.1, 0.15) is 34.5 Å². The van der Waals surface area contributed by atoms with Crippen molar-refractivity contribution in [1.82, 2.24) is 4.73 Å². The molecule has 0 saturated heterocycles. The maximum absolute atomic E-state index is 12.8. The van der Waals surface area contributed by atoms with Crippen LogP contribution in [0, 0.1) is 0 Å². The van der Waals surface area contributed by atoms with Gasteiger partial charge in [0.2, 0.25) is 5.43 Å². The summed E-state index contributed by atoms with van der Waals surface area (Å²) in [5.41, 5.74) is 3.72. The summed E-state index contributed by atoms with van der Waals surface area (Å²) in [4.78, 5) is 19.2. The quantitative estimate of drug-likeness (QED) is 0.276. The van der Waals surface area contributed by atoms with Gasteiger partial charge in [0, 0.05) is 12.3 Å². The lowest BCUT2D eigenvalue weighted by atomic mass is 10.0. The van der Waals surface area contributed by atoms with Crippen LogP contribution in [0.25, 0.3) is 0 Å². The van der Waals surface area contributed by atoms with Gasteiger partial charge in [0.05, 0.1) is 6.20 Å². The van der Waals surface area contributed by atoms with Crippen molar-refractivity contribution in [2.24, 2.45) is 0 Å². The van der Waals surface area contributed by atoms with Crippen LogP contribution in [0.4, 0.5) is 0 Å². The Morgan fingerprint density at radius 3 is 1.34 bits per heavy atom. The standard InChI is InChI=1S/C31H25NO3/c33-28-21-22-32(35-31(26-17-9-3-10-18-26)27-19-11-4-12-20-27)23-29(28)34-30(24-13-5-1-6-14-24)25-15-7-2-8-16-25/h1-23,30-31H. The summed E-state index contributed by atoms with van der Waals surface area (Å²) in [5, 5.41) is 0. The third-order valence-electron chi connectivity index (χ3n) is 5.74. The average Bonchev–Trinajstić information content (AvgIpc) is 2.93. The highest BCUT2D eigenvalue weighted by Crippen LogP contribution is 2.28. The minimum absolute atomic E-state index is 0.210. The number of pyridine rings is 1. The molecular formula is C31H25NO3. The fourth-order valence-electron chi connectivity index (χ4n) is 4.00. The number of ether oxygens (including phenoxy) is 1. The molecular weight excluding hydrogens is 434 g/mol. The van der Waals surface area contributed by atoms with Gasteiger partial charge in [0.1, 0.15) is 6.10 Å². The van der Waals surface area contributed by atoms with E-state index < -0.39 is 6.10 Å². The molecule has 5 rings (SSSR count). The highest BCUT2D eigenvalue weighted by atomic mass is 16.7. The molecule has 0 saturated carbocycles. The lowest BCUT2D eigenvalue weighted by molar-refractivity contribution is 0.0571. The number of hydrogen-bond donors (Lipinski definition) is 0. The van der Waals surface area contributed by atoms with Crippen LogP contribution in [0.5, 0.6) is 5.75 Å².